The zero-order chi connectivity index (χ0) is 56.4. The Labute approximate surface area is 464 Å². The van der Waals surface area contributed by atoms with E-state index in [1.807, 2.05) is 0 Å². The van der Waals surface area contributed by atoms with E-state index >= 15 is 0 Å². The summed E-state index contributed by atoms with van der Waals surface area (Å²) in [4.78, 5) is 0. The van der Waals surface area contributed by atoms with Gasteiger partial charge in [0.15, 0.2) is 10.7 Å². The molecule has 420 valence electrons. The minimum atomic E-state index is -0.595. The molecule has 0 aliphatic rings. The highest BCUT2D eigenvalue weighted by atomic mass is 31.1. The normalized spacial score (nSPS) is 15.0. The molecule has 6 atom stereocenters. The second-order valence-corrected chi connectivity index (χ2v) is 28.9. The summed E-state index contributed by atoms with van der Waals surface area (Å²) in [6.07, 6.45) is 12.1. The third-order valence-corrected chi connectivity index (χ3v) is 17.2. The molecular formula is C68H108O5P2. The summed E-state index contributed by atoms with van der Waals surface area (Å²) in [6, 6.07) is 14.0. The minimum Gasteiger partial charge on any atom is -0.491 e. The van der Waals surface area contributed by atoms with Crippen molar-refractivity contribution in [2.24, 2.45) is 10.8 Å². The molecule has 4 aromatic rings. The quantitative estimate of drug-likeness (QED) is 0.0531. The molecule has 0 aromatic heterocycles. The van der Waals surface area contributed by atoms with E-state index in [4.69, 9.17) is 23.3 Å². The molecule has 0 heterocycles. The van der Waals surface area contributed by atoms with Crippen LogP contribution in [-0.4, -0.2) is 16.8 Å². The van der Waals surface area contributed by atoms with Crippen molar-refractivity contribution in [3.05, 3.63) is 97.6 Å². The number of hydrogen-bond donors (Lipinski definition) is 0. The Morgan fingerprint density at radius 3 is 1.20 bits per heavy atom. The van der Waals surface area contributed by atoms with Gasteiger partial charge >= 0.3 is 0 Å². The molecule has 0 saturated carbocycles. The van der Waals surface area contributed by atoms with Gasteiger partial charge in [0.2, 0.25) is 0 Å². The van der Waals surface area contributed by atoms with E-state index < -0.39 is 10.7 Å². The lowest BCUT2D eigenvalue weighted by Gasteiger charge is -2.35. The predicted molar refractivity (Wildman–Crippen MR) is 331 cm³/mol. The Morgan fingerprint density at radius 2 is 0.853 bits per heavy atom. The lowest BCUT2D eigenvalue weighted by Crippen LogP contribution is -2.28. The van der Waals surface area contributed by atoms with E-state index in [2.05, 4.69) is 203 Å². The molecule has 0 amide bonds. The first-order chi connectivity index (χ1) is 35.0. The van der Waals surface area contributed by atoms with E-state index in [0.29, 0.717) is 11.8 Å². The highest BCUT2D eigenvalue weighted by molar-refractivity contribution is 7.34. The molecule has 0 radical (unpaired) electrons. The van der Waals surface area contributed by atoms with Crippen molar-refractivity contribution in [3.63, 3.8) is 0 Å². The van der Waals surface area contributed by atoms with Crippen LogP contribution in [0.1, 0.15) is 268 Å². The fourth-order valence-corrected chi connectivity index (χ4v) is 13.6. The van der Waals surface area contributed by atoms with Gasteiger partial charge in [-0.05, 0) is 223 Å². The molecule has 0 bridgehead atoms. The van der Waals surface area contributed by atoms with Gasteiger partial charge in [-0.1, -0.05) is 141 Å². The van der Waals surface area contributed by atoms with Crippen LogP contribution >= 0.6 is 17.6 Å². The third kappa shape index (κ3) is 17.4. The average molecular weight is 1070 g/mol. The van der Waals surface area contributed by atoms with E-state index in [9.17, 15) is 0 Å². The SMILES string of the molecule is CCCC(CC)c1cc(C)cc(OC(C)(CCC)POc2c(CC(C)(C)C)cc(OC(C)C)c(C)c2-c2c(C)c(C(C)C)cc(CC(C)(C)C)c2OPC(C)(CCC)Oc2cc(C)cc(C(CC)CCC)c2C)c1C. The molecule has 0 aliphatic heterocycles. The summed E-state index contributed by atoms with van der Waals surface area (Å²) >= 11 is 0. The van der Waals surface area contributed by atoms with Crippen LogP contribution in [0.4, 0.5) is 0 Å². The Kier molecular flexibility index (Phi) is 23.6. The van der Waals surface area contributed by atoms with Crippen LogP contribution in [0.3, 0.4) is 0 Å². The van der Waals surface area contributed by atoms with Crippen molar-refractivity contribution in [2.75, 3.05) is 0 Å². The minimum absolute atomic E-state index is 0.00627. The molecule has 4 aromatic carbocycles. The van der Waals surface area contributed by atoms with E-state index in [1.54, 1.807) is 0 Å². The second-order valence-electron chi connectivity index (χ2n) is 25.9. The van der Waals surface area contributed by atoms with Crippen LogP contribution in [0.15, 0.2) is 36.4 Å². The van der Waals surface area contributed by atoms with Gasteiger partial charge in [-0.15, -0.1) is 0 Å². The number of ether oxygens (including phenoxy) is 3. The van der Waals surface area contributed by atoms with Crippen LogP contribution < -0.4 is 23.3 Å². The Hall–Kier alpha value is -3.26. The molecule has 5 nitrogen and oxygen atoms in total. The Balaban J connectivity index is 2.11. The highest BCUT2D eigenvalue weighted by Gasteiger charge is 2.36. The van der Waals surface area contributed by atoms with Gasteiger partial charge in [0, 0.05) is 16.7 Å². The summed E-state index contributed by atoms with van der Waals surface area (Å²) in [5, 5.41) is -1.18. The molecule has 0 saturated heterocycles. The predicted octanol–water partition coefficient (Wildman–Crippen LogP) is 22.0. The van der Waals surface area contributed by atoms with Crippen molar-refractivity contribution >= 4 is 17.6 Å². The highest BCUT2D eigenvalue weighted by Crippen LogP contribution is 2.55. The van der Waals surface area contributed by atoms with Crippen molar-refractivity contribution in [3.8, 4) is 39.9 Å². The summed E-state index contributed by atoms with van der Waals surface area (Å²) in [7, 11) is 0.0216. The maximum atomic E-state index is 7.68. The summed E-state index contributed by atoms with van der Waals surface area (Å²) in [5.41, 5.74) is 15.9. The van der Waals surface area contributed by atoms with Gasteiger partial charge in [0.25, 0.3) is 0 Å². The van der Waals surface area contributed by atoms with Crippen molar-refractivity contribution in [1.29, 1.82) is 0 Å². The topological polar surface area (TPSA) is 46.2 Å². The number of benzene rings is 4. The molecule has 0 aliphatic carbocycles. The largest absolute Gasteiger partial charge is 0.491 e. The lowest BCUT2D eigenvalue weighted by molar-refractivity contribution is 0.161. The zero-order valence-electron chi connectivity index (χ0n) is 52.3. The monoisotopic (exact) mass is 1070 g/mol. The Bertz CT molecular complexity index is 2490. The van der Waals surface area contributed by atoms with E-state index in [0.717, 1.165) is 115 Å². The summed E-state index contributed by atoms with van der Waals surface area (Å²) in [5.74, 6) is 5.97. The summed E-state index contributed by atoms with van der Waals surface area (Å²) in [6.45, 7) is 54.8. The van der Waals surface area contributed by atoms with Crippen LogP contribution in [-0.2, 0) is 12.8 Å². The van der Waals surface area contributed by atoms with Crippen LogP contribution in [0, 0.1) is 52.4 Å². The molecule has 0 spiro atoms. The molecular weight excluding hydrogens is 959 g/mol. The number of rotatable bonds is 28. The molecule has 7 heteroatoms. The molecule has 75 heavy (non-hydrogen) atoms. The molecule has 0 fully saturated rings. The average Bonchev–Trinajstić information content (AvgIpc) is 3.29. The van der Waals surface area contributed by atoms with Gasteiger partial charge in [-0.3, -0.25) is 0 Å². The van der Waals surface area contributed by atoms with Crippen molar-refractivity contribution in [2.45, 2.75) is 278 Å². The van der Waals surface area contributed by atoms with Gasteiger partial charge in [0.1, 0.15) is 46.4 Å². The first kappa shape index (κ1) is 64.3. The van der Waals surface area contributed by atoms with E-state index in [1.165, 1.54) is 62.9 Å². The fraction of sp³-hybridized carbons (Fsp3) is 0.647. The van der Waals surface area contributed by atoms with Gasteiger partial charge in [-0.25, -0.2) is 0 Å². The zero-order valence-corrected chi connectivity index (χ0v) is 54.3. The van der Waals surface area contributed by atoms with Crippen molar-refractivity contribution < 1.29 is 23.3 Å². The van der Waals surface area contributed by atoms with Gasteiger partial charge in [-0.2, -0.15) is 0 Å². The van der Waals surface area contributed by atoms with Crippen molar-refractivity contribution in [1.82, 2.24) is 0 Å². The first-order valence-corrected chi connectivity index (χ1v) is 31.3. The molecule has 4 rings (SSSR count). The standard InChI is InChI=1S/C68H108O5P2/c1-25-31-51(29-5)56-35-45(11)37-59(47(56)13)70-67(23,33-27-3)74-72-63-53(41-65(17,18)19)39-55(43(7)8)49(15)61(63)62-50(16)58(69-44(9)10)40-54(42-66(20,21)22)64(62)73-75-68(24,34-28-4)71-60-38-46(12)36-57(48(60)14)52(30-6)32-26-2/h35-40,43-44,51-52,74-75H,25-34,41-42H2,1-24H3. The summed E-state index contributed by atoms with van der Waals surface area (Å²) < 4.78 is 37.0. The van der Waals surface area contributed by atoms with Crippen LogP contribution in [0.25, 0.3) is 11.1 Å². The smallest absolute Gasteiger partial charge is 0.158 e. The molecule has 6 unspecified atom stereocenters. The first-order valence-electron chi connectivity index (χ1n) is 29.5. The maximum Gasteiger partial charge on any atom is 0.158 e. The van der Waals surface area contributed by atoms with E-state index in [-0.39, 0.29) is 40.5 Å². The van der Waals surface area contributed by atoms with Crippen LogP contribution in [0.5, 0.6) is 28.7 Å². The number of hydrogen-bond acceptors (Lipinski definition) is 5. The maximum absolute atomic E-state index is 7.68. The lowest BCUT2D eigenvalue weighted by atomic mass is 9.80. The Morgan fingerprint density at radius 1 is 0.453 bits per heavy atom. The third-order valence-electron chi connectivity index (χ3n) is 15.0. The van der Waals surface area contributed by atoms with Crippen LogP contribution in [0.2, 0.25) is 0 Å². The fourth-order valence-electron chi connectivity index (χ4n) is 11.5. The van der Waals surface area contributed by atoms with Gasteiger partial charge in [0.05, 0.1) is 6.10 Å². The van der Waals surface area contributed by atoms with Gasteiger partial charge < -0.3 is 23.3 Å². The molecule has 0 N–H and O–H groups in total. The number of aryl methyl sites for hydroxylation is 2. The second kappa shape index (κ2) is 27.6.